The molecule has 0 saturated heterocycles. The molecule has 0 unspecified atom stereocenters. The lowest BCUT2D eigenvalue weighted by molar-refractivity contribution is 0.305. The van der Waals surface area contributed by atoms with E-state index in [1.54, 1.807) is 6.21 Å². The second kappa shape index (κ2) is 9.66. The Kier molecular flexibility index (Phi) is 7.00. The Hall–Kier alpha value is -2.19. The highest BCUT2D eigenvalue weighted by Crippen LogP contribution is 2.24. The highest BCUT2D eigenvalue weighted by molar-refractivity contribution is 14.1. The van der Waals surface area contributed by atoms with Gasteiger partial charge in [0, 0.05) is 6.54 Å². The number of rotatable bonds is 6. The van der Waals surface area contributed by atoms with Crippen molar-refractivity contribution in [2.75, 3.05) is 6.54 Å². The maximum atomic E-state index is 6.06. The second-order valence-electron chi connectivity index (χ2n) is 5.85. The molecule has 2 N–H and O–H groups in total. The average molecular weight is 489 g/mol. The topological polar surface area (TPSA) is 45.7 Å². The molecule has 3 aromatic carbocycles. The number of thiocarbonyl (C=S) groups is 1. The van der Waals surface area contributed by atoms with Crippen LogP contribution in [0, 0.1) is 3.57 Å². The van der Waals surface area contributed by atoms with Gasteiger partial charge in [-0.15, -0.1) is 0 Å². The largest absolute Gasteiger partial charge is 0.488 e. The quantitative estimate of drug-likeness (QED) is 0.225. The fraction of sp³-hybridized carbons (Fsp3) is 0.143. The Balaban J connectivity index is 1.66. The molecule has 0 fully saturated rings. The molecule has 0 aliphatic carbocycles. The van der Waals surface area contributed by atoms with Crippen molar-refractivity contribution in [1.82, 2.24) is 10.7 Å². The molecule has 4 nitrogen and oxygen atoms in total. The average Bonchev–Trinajstić information content (AvgIpc) is 2.67. The molecule has 0 atom stereocenters. The zero-order chi connectivity index (χ0) is 19.1. The molecule has 0 aromatic heterocycles. The summed E-state index contributed by atoms with van der Waals surface area (Å²) in [5.74, 6) is 0.858. The van der Waals surface area contributed by atoms with Gasteiger partial charge in [-0.1, -0.05) is 42.5 Å². The summed E-state index contributed by atoms with van der Waals surface area (Å²) in [6, 6.07) is 20.6. The van der Waals surface area contributed by atoms with E-state index in [0.717, 1.165) is 21.4 Å². The minimum atomic E-state index is 0.512. The minimum Gasteiger partial charge on any atom is -0.488 e. The first-order valence-electron chi connectivity index (χ1n) is 8.63. The van der Waals surface area contributed by atoms with Crippen LogP contribution in [-0.2, 0) is 6.61 Å². The summed E-state index contributed by atoms with van der Waals surface area (Å²) in [5.41, 5.74) is 4.94. The first-order chi connectivity index (χ1) is 13.2. The molecular formula is C21H20IN3OS. The van der Waals surface area contributed by atoms with Gasteiger partial charge >= 0.3 is 0 Å². The van der Waals surface area contributed by atoms with E-state index in [9.17, 15) is 0 Å². The molecule has 0 amide bonds. The number of hydrogen-bond donors (Lipinski definition) is 2. The third-order valence-corrected chi connectivity index (χ3v) is 5.01. The fourth-order valence-corrected chi connectivity index (χ4v) is 3.55. The van der Waals surface area contributed by atoms with E-state index >= 15 is 0 Å². The fourth-order valence-electron chi connectivity index (χ4n) is 2.65. The summed E-state index contributed by atoms with van der Waals surface area (Å²) < 4.78 is 7.10. The molecule has 0 aliphatic rings. The minimum absolute atomic E-state index is 0.512. The van der Waals surface area contributed by atoms with E-state index in [2.05, 4.69) is 80.9 Å². The lowest BCUT2D eigenvalue weighted by atomic mass is 10.1. The highest BCUT2D eigenvalue weighted by Gasteiger charge is 2.05. The maximum absolute atomic E-state index is 6.06. The molecule has 0 bridgehead atoms. The molecule has 0 aliphatic heterocycles. The zero-order valence-electron chi connectivity index (χ0n) is 14.9. The molecule has 3 rings (SSSR count). The van der Waals surface area contributed by atoms with Crippen LogP contribution in [0.1, 0.15) is 18.1 Å². The summed E-state index contributed by atoms with van der Waals surface area (Å²) in [4.78, 5) is 0. The number of hydrazone groups is 1. The number of nitrogens with one attached hydrogen (secondary N) is 2. The van der Waals surface area contributed by atoms with Crippen LogP contribution in [0.3, 0.4) is 0 Å². The third-order valence-electron chi connectivity index (χ3n) is 3.94. The van der Waals surface area contributed by atoms with Crippen LogP contribution >= 0.6 is 34.8 Å². The number of halogens is 1. The standard InChI is InChI=1S/C21H20IN3OS/c1-2-23-21(27)25-24-13-15-10-11-20(19(22)12-15)26-14-17-8-5-7-16-6-3-4-9-18(16)17/h3-13H,2,14H2,1H3,(H2,23,25,27). The summed E-state index contributed by atoms with van der Waals surface area (Å²) in [6.07, 6.45) is 1.74. The molecule has 0 heterocycles. The van der Waals surface area contributed by atoms with Crippen molar-refractivity contribution in [1.29, 1.82) is 0 Å². The van der Waals surface area contributed by atoms with Crippen LogP contribution in [0.5, 0.6) is 5.75 Å². The third kappa shape index (κ3) is 5.40. The molecule has 0 saturated carbocycles. The van der Waals surface area contributed by atoms with Crippen molar-refractivity contribution < 1.29 is 4.74 Å². The van der Waals surface area contributed by atoms with Gasteiger partial charge in [-0.2, -0.15) is 5.10 Å². The van der Waals surface area contributed by atoms with E-state index in [4.69, 9.17) is 17.0 Å². The van der Waals surface area contributed by atoms with Gasteiger partial charge in [0.05, 0.1) is 9.78 Å². The molecule has 138 valence electrons. The van der Waals surface area contributed by atoms with Crippen molar-refractivity contribution in [2.24, 2.45) is 5.10 Å². The van der Waals surface area contributed by atoms with E-state index < -0.39 is 0 Å². The SMILES string of the molecule is CCNC(=S)NN=Cc1ccc(OCc2cccc3ccccc23)c(I)c1. The van der Waals surface area contributed by atoms with Crippen molar-refractivity contribution in [2.45, 2.75) is 13.5 Å². The van der Waals surface area contributed by atoms with Gasteiger partial charge in [0.25, 0.3) is 0 Å². The van der Waals surface area contributed by atoms with Crippen LogP contribution in [0.4, 0.5) is 0 Å². The zero-order valence-corrected chi connectivity index (χ0v) is 17.9. The summed E-state index contributed by atoms with van der Waals surface area (Å²) >= 11 is 7.35. The van der Waals surface area contributed by atoms with Crippen LogP contribution < -0.4 is 15.5 Å². The molecule has 27 heavy (non-hydrogen) atoms. The Morgan fingerprint density at radius 2 is 1.96 bits per heavy atom. The summed E-state index contributed by atoms with van der Waals surface area (Å²) in [5, 5.41) is 10.1. The van der Waals surface area contributed by atoms with Crippen molar-refractivity contribution in [3.63, 3.8) is 0 Å². The Morgan fingerprint density at radius 3 is 2.78 bits per heavy atom. The van der Waals surface area contributed by atoms with E-state index in [0.29, 0.717) is 11.7 Å². The molecular weight excluding hydrogens is 469 g/mol. The Bertz CT molecular complexity index is 969. The van der Waals surface area contributed by atoms with Gasteiger partial charge < -0.3 is 10.1 Å². The molecule has 3 aromatic rings. The van der Waals surface area contributed by atoms with E-state index in [1.807, 2.05) is 25.1 Å². The first-order valence-corrected chi connectivity index (χ1v) is 10.1. The Labute approximate surface area is 178 Å². The maximum Gasteiger partial charge on any atom is 0.186 e. The van der Waals surface area contributed by atoms with Crippen LogP contribution in [-0.4, -0.2) is 17.9 Å². The van der Waals surface area contributed by atoms with Crippen LogP contribution in [0.2, 0.25) is 0 Å². The van der Waals surface area contributed by atoms with Gasteiger partial charge in [-0.25, -0.2) is 0 Å². The molecule has 0 spiro atoms. The predicted octanol–water partition coefficient (Wildman–Crippen LogP) is 4.84. The molecule has 6 heteroatoms. The lowest BCUT2D eigenvalue weighted by Gasteiger charge is -2.11. The van der Waals surface area contributed by atoms with Crippen LogP contribution in [0.25, 0.3) is 10.8 Å². The smallest absolute Gasteiger partial charge is 0.186 e. The highest BCUT2D eigenvalue weighted by atomic mass is 127. The normalized spacial score (nSPS) is 10.9. The van der Waals surface area contributed by atoms with Crippen molar-refractivity contribution in [3.05, 3.63) is 75.4 Å². The number of hydrogen-bond acceptors (Lipinski definition) is 3. The number of ether oxygens (including phenoxy) is 1. The Morgan fingerprint density at radius 1 is 1.15 bits per heavy atom. The van der Waals surface area contributed by atoms with E-state index in [-0.39, 0.29) is 0 Å². The van der Waals surface area contributed by atoms with Crippen LogP contribution in [0.15, 0.2) is 65.8 Å². The van der Waals surface area contributed by atoms with Gasteiger partial charge in [-0.05, 0) is 81.8 Å². The molecule has 0 radical (unpaired) electrons. The summed E-state index contributed by atoms with van der Waals surface area (Å²) in [6.45, 7) is 3.28. The van der Waals surface area contributed by atoms with Gasteiger partial charge in [-0.3, -0.25) is 5.43 Å². The van der Waals surface area contributed by atoms with E-state index in [1.165, 1.54) is 16.3 Å². The number of fused-ring (bicyclic) bond motifs is 1. The van der Waals surface area contributed by atoms with Crippen molar-refractivity contribution >= 4 is 56.9 Å². The number of benzene rings is 3. The second-order valence-corrected chi connectivity index (χ2v) is 7.42. The number of nitrogens with zero attached hydrogens (tertiary/aromatic N) is 1. The van der Waals surface area contributed by atoms with Crippen molar-refractivity contribution in [3.8, 4) is 5.75 Å². The van der Waals surface area contributed by atoms with Gasteiger partial charge in [0.1, 0.15) is 12.4 Å². The lowest BCUT2D eigenvalue weighted by Crippen LogP contribution is -2.31. The predicted molar refractivity (Wildman–Crippen MR) is 124 cm³/mol. The van der Waals surface area contributed by atoms with Gasteiger partial charge in [0.2, 0.25) is 0 Å². The monoisotopic (exact) mass is 489 g/mol. The van der Waals surface area contributed by atoms with Gasteiger partial charge in [0.15, 0.2) is 5.11 Å². The summed E-state index contributed by atoms with van der Waals surface area (Å²) in [7, 11) is 0. The first kappa shape index (κ1) is 19.6.